The van der Waals surface area contributed by atoms with Gasteiger partial charge in [0, 0.05) is 18.8 Å². The number of rotatable bonds is 4. The highest BCUT2D eigenvalue weighted by Gasteiger charge is 2.18. The summed E-state index contributed by atoms with van der Waals surface area (Å²) in [5.41, 5.74) is 3.77. The molecule has 1 saturated heterocycles. The zero-order chi connectivity index (χ0) is 16.8. The van der Waals surface area contributed by atoms with Crippen molar-refractivity contribution in [3.8, 4) is 0 Å². The molecule has 4 heteroatoms. The van der Waals surface area contributed by atoms with Gasteiger partial charge < -0.3 is 10.2 Å². The van der Waals surface area contributed by atoms with E-state index >= 15 is 0 Å². The highest BCUT2D eigenvalue weighted by Crippen LogP contribution is 2.18. The fourth-order valence-corrected chi connectivity index (χ4v) is 3.02. The van der Waals surface area contributed by atoms with Crippen molar-refractivity contribution in [2.75, 3.05) is 18.4 Å². The average Bonchev–Trinajstić information content (AvgIpc) is 2.92. The number of hydrogen-bond acceptors (Lipinski definition) is 3. The standard InChI is InChI=1S/C20H25N3O/c1-2-16-7-9-17(10-8-16)22-18-11-12-19(21-15-18)20(24)23-13-5-3-4-6-14-23/h7-12,15,22H,2-6,13-14H2,1H3. The minimum Gasteiger partial charge on any atom is -0.354 e. The zero-order valence-corrected chi connectivity index (χ0v) is 14.3. The van der Waals surface area contributed by atoms with E-state index in [1.54, 1.807) is 6.20 Å². The number of nitrogens with one attached hydrogen (secondary N) is 1. The summed E-state index contributed by atoms with van der Waals surface area (Å²) in [5.74, 6) is 0.0516. The van der Waals surface area contributed by atoms with Gasteiger partial charge in [0.15, 0.2) is 0 Å². The van der Waals surface area contributed by atoms with E-state index in [0.29, 0.717) is 5.69 Å². The van der Waals surface area contributed by atoms with Crippen molar-refractivity contribution < 1.29 is 4.79 Å². The largest absolute Gasteiger partial charge is 0.354 e. The third kappa shape index (κ3) is 4.13. The van der Waals surface area contributed by atoms with Crippen molar-refractivity contribution in [2.24, 2.45) is 0 Å². The van der Waals surface area contributed by atoms with Crippen LogP contribution >= 0.6 is 0 Å². The monoisotopic (exact) mass is 323 g/mol. The molecule has 0 radical (unpaired) electrons. The lowest BCUT2D eigenvalue weighted by Gasteiger charge is -2.19. The Morgan fingerprint density at radius 3 is 2.25 bits per heavy atom. The van der Waals surface area contributed by atoms with Crippen LogP contribution < -0.4 is 5.32 Å². The summed E-state index contributed by atoms with van der Waals surface area (Å²) < 4.78 is 0. The molecule has 0 aliphatic carbocycles. The lowest BCUT2D eigenvalue weighted by Crippen LogP contribution is -2.32. The Morgan fingerprint density at radius 1 is 1.00 bits per heavy atom. The summed E-state index contributed by atoms with van der Waals surface area (Å²) in [7, 11) is 0. The second-order valence-electron chi connectivity index (χ2n) is 6.31. The predicted molar refractivity (Wildman–Crippen MR) is 97.7 cm³/mol. The summed E-state index contributed by atoms with van der Waals surface area (Å²) in [6, 6.07) is 12.1. The van der Waals surface area contributed by atoms with E-state index < -0.39 is 0 Å². The van der Waals surface area contributed by atoms with Crippen LogP contribution in [0.15, 0.2) is 42.6 Å². The molecule has 24 heavy (non-hydrogen) atoms. The number of benzene rings is 1. The van der Waals surface area contributed by atoms with Crippen LogP contribution in [0, 0.1) is 0 Å². The highest BCUT2D eigenvalue weighted by molar-refractivity contribution is 5.92. The Hall–Kier alpha value is -2.36. The molecule has 1 fully saturated rings. The van der Waals surface area contributed by atoms with E-state index in [-0.39, 0.29) is 5.91 Å². The number of aromatic nitrogens is 1. The van der Waals surface area contributed by atoms with Crippen LogP contribution in [0.5, 0.6) is 0 Å². The average molecular weight is 323 g/mol. The van der Waals surface area contributed by atoms with Crippen LogP contribution in [0.1, 0.15) is 48.7 Å². The highest BCUT2D eigenvalue weighted by atomic mass is 16.2. The Bertz CT molecular complexity index is 656. The Balaban J connectivity index is 1.64. The maximum absolute atomic E-state index is 12.5. The van der Waals surface area contributed by atoms with Gasteiger partial charge in [-0.2, -0.15) is 0 Å². The van der Waals surface area contributed by atoms with Gasteiger partial charge in [-0.15, -0.1) is 0 Å². The predicted octanol–water partition coefficient (Wildman–Crippen LogP) is 4.40. The Morgan fingerprint density at radius 2 is 1.67 bits per heavy atom. The van der Waals surface area contributed by atoms with Gasteiger partial charge >= 0.3 is 0 Å². The van der Waals surface area contributed by atoms with E-state index in [1.165, 1.54) is 18.4 Å². The van der Waals surface area contributed by atoms with E-state index in [0.717, 1.165) is 43.7 Å². The SMILES string of the molecule is CCc1ccc(Nc2ccc(C(=O)N3CCCCCC3)nc2)cc1. The number of amides is 1. The van der Waals surface area contributed by atoms with Crippen LogP contribution in [0.2, 0.25) is 0 Å². The van der Waals surface area contributed by atoms with Crippen LogP contribution in [0.4, 0.5) is 11.4 Å². The molecule has 2 aromatic rings. The minimum absolute atomic E-state index is 0.0516. The van der Waals surface area contributed by atoms with Gasteiger partial charge in [-0.1, -0.05) is 31.9 Å². The van der Waals surface area contributed by atoms with Gasteiger partial charge in [-0.25, -0.2) is 4.98 Å². The number of nitrogens with zero attached hydrogens (tertiary/aromatic N) is 2. The lowest BCUT2D eigenvalue weighted by molar-refractivity contribution is 0.0756. The Labute approximate surface area is 143 Å². The van der Waals surface area contributed by atoms with Crippen molar-refractivity contribution in [1.82, 2.24) is 9.88 Å². The van der Waals surface area contributed by atoms with Crippen LogP contribution in [0.25, 0.3) is 0 Å². The number of anilines is 2. The van der Waals surface area contributed by atoms with Crippen molar-refractivity contribution >= 4 is 17.3 Å². The normalized spacial score (nSPS) is 15.0. The van der Waals surface area contributed by atoms with Crippen molar-refractivity contribution in [3.63, 3.8) is 0 Å². The molecule has 1 aromatic heterocycles. The molecule has 0 unspecified atom stereocenters. The summed E-state index contributed by atoms with van der Waals surface area (Å²) in [6.45, 7) is 3.85. The Kier molecular flexibility index (Phi) is 5.47. The molecule has 1 aliphatic rings. The topological polar surface area (TPSA) is 45.2 Å². The number of hydrogen-bond donors (Lipinski definition) is 1. The molecule has 1 amide bonds. The molecule has 2 heterocycles. The molecule has 126 valence electrons. The smallest absolute Gasteiger partial charge is 0.272 e. The van der Waals surface area contributed by atoms with Gasteiger partial charge in [0.25, 0.3) is 5.91 Å². The molecule has 0 spiro atoms. The summed E-state index contributed by atoms with van der Waals surface area (Å²) in [6.07, 6.45) is 7.40. The number of aryl methyl sites for hydroxylation is 1. The number of carbonyl (C=O) groups is 1. The second kappa shape index (κ2) is 7.95. The van der Waals surface area contributed by atoms with Gasteiger partial charge in [-0.3, -0.25) is 4.79 Å². The third-order valence-corrected chi connectivity index (χ3v) is 4.53. The van der Waals surface area contributed by atoms with E-state index in [1.807, 2.05) is 17.0 Å². The quantitative estimate of drug-likeness (QED) is 0.907. The van der Waals surface area contributed by atoms with Crippen LogP contribution in [0.3, 0.4) is 0 Å². The zero-order valence-electron chi connectivity index (χ0n) is 14.3. The number of pyridine rings is 1. The first-order chi connectivity index (χ1) is 11.8. The molecule has 0 bridgehead atoms. The molecular formula is C20H25N3O. The first-order valence-electron chi connectivity index (χ1n) is 8.87. The molecule has 1 aliphatic heterocycles. The maximum atomic E-state index is 12.5. The molecule has 3 rings (SSSR count). The van der Waals surface area contributed by atoms with Crippen LogP contribution in [-0.2, 0) is 6.42 Å². The maximum Gasteiger partial charge on any atom is 0.272 e. The molecule has 4 nitrogen and oxygen atoms in total. The van der Waals surface area contributed by atoms with E-state index in [2.05, 4.69) is 41.5 Å². The fourth-order valence-electron chi connectivity index (χ4n) is 3.02. The van der Waals surface area contributed by atoms with Gasteiger partial charge in [0.2, 0.25) is 0 Å². The van der Waals surface area contributed by atoms with Gasteiger partial charge in [-0.05, 0) is 49.1 Å². The van der Waals surface area contributed by atoms with Crippen molar-refractivity contribution in [2.45, 2.75) is 39.0 Å². The van der Waals surface area contributed by atoms with Gasteiger partial charge in [0.05, 0.1) is 11.9 Å². The van der Waals surface area contributed by atoms with Crippen LogP contribution in [-0.4, -0.2) is 28.9 Å². The summed E-state index contributed by atoms with van der Waals surface area (Å²) in [5, 5.41) is 3.32. The van der Waals surface area contributed by atoms with E-state index in [4.69, 9.17) is 0 Å². The summed E-state index contributed by atoms with van der Waals surface area (Å²) >= 11 is 0. The molecule has 1 N–H and O–H groups in total. The molecule has 0 atom stereocenters. The molecule has 1 aromatic carbocycles. The minimum atomic E-state index is 0.0516. The second-order valence-corrected chi connectivity index (χ2v) is 6.31. The first kappa shape index (κ1) is 16.5. The van der Waals surface area contributed by atoms with Crippen molar-refractivity contribution in [1.29, 1.82) is 0 Å². The molecular weight excluding hydrogens is 298 g/mol. The van der Waals surface area contributed by atoms with Gasteiger partial charge in [0.1, 0.15) is 5.69 Å². The molecule has 0 saturated carbocycles. The van der Waals surface area contributed by atoms with Crippen molar-refractivity contribution in [3.05, 3.63) is 53.9 Å². The number of likely N-dealkylation sites (tertiary alicyclic amines) is 1. The van der Waals surface area contributed by atoms with E-state index in [9.17, 15) is 4.79 Å². The fraction of sp³-hybridized carbons (Fsp3) is 0.400. The third-order valence-electron chi connectivity index (χ3n) is 4.53. The first-order valence-corrected chi connectivity index (χ1v) is 8.87. The summed E-state index contributed by atoms with van der Waals surface area (Å²) in [4.78, 5) is 18.8. The number of carbonyl (C=O) groups excluding carboxylic acids is 1. The lowest BCUT2D eigenvalue weighted by atomic mass is 10.1.